The summed E-state index contributed by atoms with van der Waals surface area (Å²) < 4.78 is 5.08. The van der Waals surface area contributed by atoms with Gasteiger partial charge < -0.3 is 9.84 Å². The molecule has 0 fully saturated rings. The molecule has 0 bridgehead atoms. The molecule has 5 nitrogen and oxygen atoms in total. The Bertz CT molecular complexity index is 537. The third-order valence-corrected chi connectivity index (χ3v) is 2.51. The van der Waals surface area contributed by atoms with Crippen molar-refractivity contribution >= 4 is 11.9 Å². The number of carboxylic acid groups (broad SMARTS) is 1. The van der Waals surface area contributed by atoms with Gasteiger partial charge in [0.15, 0.2) is 6.10 Å². The minimum absolute atomic E-state index is 0.0560. The molecule has 0 radical (unpaired) electrons. The van der Waals surface area contributed by atoms with Gasteiger partial charge in [0.1, 0.15) is 6.07 Å². The molecule has 0 spiro atoms. The quantitative estimate of drug-likeness (QED) is 0.844. The van der Waals surface area contributed by atoms with Crippen LogP contribution in [0.4, 0.5) is 0 Å². The van der Waals surface area contributed by atoms with Gasteiger partial charge in [0.05, 0.1) is 11.1 Å². The number of carbonyl (C=O) groups is 2. The summed E-state index contributed by atoms with van der Waals surface area (Å²) in [5.41, 5.74) is -0.736. The van der Waals surface area contributed by atoms with Crippen LogP contribution in [-0.4, -0.2) is 23.1 Å². The summed E-state index contributed by atoms with van der Waals surface area (Å²) in [5, 5.41) is 18.0. The van der Waals surface area contributed by atoms with E-state index >= 15 is 0 Å². The molecule has 100 valence electrons. The molecule has 0 aliphatic heterocycles. The van der Waals surface area contributed by atoms with Crippen LogP contribution in [-0.2, 0) is 4.74 Å². The highest BCUT2D eigenvalue weighted by Gasteiger charge is 2.29. The topological polar surface area (TPSA) is 87.4 Å². The summed E-state index contributed by atoms with van der Waals surface area (Å²) in [4.78, 5) is 23.0. The largest absolute Gasteiger partial charge is 0.478 e. The molecular formula is C14H15NO4. The van der Waals surface area contributed by atoms with Crippen molar-refractivity contribution in [3.63, 3.8) is 0 Å². The molecular weight excluding hydrogens is 246 g/mol. The minimum atomic E-state index is -1.21. The van der Waals surface area contributed by atoms with Gasteiger partial charge in [-0.1, -0.05) is 32.9 Å². The van der Waals surface area contributed by atoms with Gasteiger partial charge in [-0.05, 0) is 12.1 Å². The van der Waals surface area contributed by atoms with Crippen LogP contribution in [0.3, 0.4) is 0 Å². The normalized spacial score (nSPS) is 12.3. The summed E-state index contributed by atoms with van der Waals surface area (Å²) in [6.07, 6.45) is -0.943. The molecule has 0 aliphatic rings. The number of carboxylic acids is 1. The molecule has 0 heterocycles. The Labute approximate surface area is 111 Å². The molecule has 1 rings (SSSR count). The van der Waals surface area contributed by atoms with Crippen molar-refractivity contribution in [2.24, 2.45) is 5.41 Å². The van der Waals surface area contributed by atoms with Crippen LogP contribution in [0, 0.1) is 16.7 Å². The number of benzene rings is 1. The molecule has 0 saturated carbocycles. The van der Waals surface area contributed by atoms with Gasteiger partial charge in [0.25, 0.3) is 0 Å². The molecule has 1 N–H and O–H groups in total. The van der Waals surface area contributed by atoms with Gasteiger partial charge in [-0.15, -0.1) is 0 Å². The zero-order chi connectivity index (χ0) is 14.6. The molecule has 5 heteroatoms. The fourth-order valence-electron chi connectivity index (χ4n) is 1.41. The third kappa shape index (κ3) is 3.55. The van der Waals surface area contributed by atoms with Crippen molar-refractivity contribution in [3.05, 3.63) is 35.4 Å². The van der Waals surface area contributed by atoms with Crippen LogP contribution in [0.5, 0.6) is 0 Å². The van der Waals surface area contributed by atoms with Gasteiger partial charge >= 0.3 is 11.9 Å². The number of carbonyl (C=O) groups excluding carboxylic acids is 1. The molecule has 1 aromatic rings. The van der Waals surface area contributed by atoms with Gasteiger partial charge in [0.2, 0.25) is 0 Å². The highest BCUT2D eigenvalue weighted by Crippen LogP contribution is 2.23. The van der Waals surface area contributed by atoms with Gasteiger partial charge in [-0.3, -0.25) is 0 Å². The Balaban J connectivity index is 3.03. The summed E-state index contributed by atoms with van der Waals surface area (Å²) in [6, 6.07) is 7.64. The Kier molecular flexibility index (Phi) is 4.28. The van der Waals surface area contributed by atoms with E-state index < -0.39 is 23.5 Å². The monoisotopic (exact) mass is 261 g/mol. The smallest absolute Gasteiger partial charge is 0.340 e. The van der Waals surface area contributed by atoms with Crippen LogP contribution in [0.15, 0.2) is 24.3 Å². The van der Waals surface area contributed by atoms with Crippen LogP contribution in [0.25, 0.3) is 0 Å². The highest BCUT2D eigenvalue weighted by molar-refractivity contribution is 6.02. The van der Waals surface area contributed by atoms with Gasteiger partial charge in [-0.2, -0.15) is 5.26 Å². The lowest BCUT2D eigenvalue weighted by atomic mass is 9.90. The Morgan fingerprint density at radius 1 is 1.26 bits per heavy atom. The molecule has 0 saturated heterocycles. The summed E-state index contributed by atoms with van der Waals surface area (Å²) >= 11 is 0. The van der Waals surface area contributed by atoms with Crippen LogP contribution < -0.4 is 0 Å². The third-order valence-electron chi connectivity index (χ3n) is 2.51. The Morgan fingerprint density at radius 2 is 1.79 bits per heavy atom. The van der Waals surface area contributed by atoms with Crippen molar-refractivity contribution in [2.75, 3.05) is 0 Å². The highest BCUT2D eigenvalue weighted by atomic mass is 16.5. The summed E-state index contributed by atoms with van der Waals surface area (Å²) in [6.45, 7) is 5.28. The second-order valence-corrected chi connectivity index (χ2v) is 5.13. The van der Waals surface area contributed by atoms with Gasteiger partial charge in [0, 0.05) is 5.41 Å². The zero-order valence-corrected chi connectivity index (χ0v) is 11.0. The number of ether oxygens (including phenoxy) is 1. The number of esters is 1. The number of aromatic carboxylic acids is 1. The Morgan fingerprint density at radius 3 is 2.21 bits per heavy atom. The predicted octanol–water partition coefficient (Wildman–Crippen LogP) is 2.48. The molecule has 1 atom stereocenters. The van der Waals surface area contributed by atoms with E-state index in [1.165, 1.54) is 18.2 Å². The van der Waals surface area contributed by atoms with Gasteiger partial charge in [-0.25, -0.2) is 9.59 Å². The lowest BCUT2D eigenvalue weighted by molar-refractivity contribution is 0.0169. The molecule has 0 amide bonds. The minimum Gasteiger partial charge on any atom is -0.478 e. The van der Waals surface area contributed by atoms with Crippen LogP contribution in [0.1, 0.15) is 41.5 Å². The van der Waals surface area contributed by atoms with Crippen molar-refractivity contribution in [1.29, 1.82) is 5.26 Å². The first-order chi connectivity index (χ1) is 8.77. The number of rotatable bonds is 3. The van der Waals surface area contributed by atoms with E-state index in [-0.39, 0.29) is 11.1 Å². The maximum atomic E-state index is 11.9. The number of hydrogen-bond donors (Lipinski definition) is 1. The first-order valence-corrected chi connectivity index (χ1v) is 5.70. The SMILES string of the molecule is CC(C)(C)[C@@H](C#N)OC(=O)c1ccccc1C(=O)O. The zero-order valence-electron chi connectivity index (χ0n) is 11.0. The number of nitriles is 1. The second-order valence-electron chi connectivity index (χ2n) is 5.13. The van der Waals surface area contributed by atoms with E-state index in [1.54, 1.807) is 26.8 Å². The maximum Gasteiger partial charge on any atom is 0.340 e. The lowest BCUT2D eigenvalue weighted by Gasteiger charge is -2.24. The van der Waals surface area contributed by atoms with Crippen molar-refractivity contribution < 1.29 is 19.4 Å². The second kappa shape index (κ2) is 5.53. The van der Waals surface area contributed by atoms with Crippen molar-refractivity contribution in [1.82, 2.24) is 0 Å². The van der Waals surface area contributed by atoms with Crippen LogP contribution >= 0.6 is 0 Å². The summed E-state index contributed by atoms with van der Waals surface area (Å²) in [5.74, 6) is -2.02. The lowest BCUT2D eigenvalue weighted by Crippen LogP contribution is -2.30. The molecule has 0 aromatic heterocycles. The van der Waals surface area contributed by atoms with E-state index in [2.05, 4.69) is 0 Å². The fourth-order valence-corrected chi connectivity index (χ4v) is 1.41. The van der Waals surface area contributed by atoms with E-state index in [9.17, 15) is 9.59 Å². The van der Waals surface area contributed by atoms with E-state index in [1.807, 2.05) is 6.07 Å². The number of hydrogen-bond acceptors (Lipinski definition) is 4. The number of nitrogens with zero attached hydrogens (tertiary/aromatic N) is 1. The standard InChI is InChI=1S/C14H15NO4/c1-14(2,3)11(8-15)19-13(18)10-7-5-4-6-9(10)12(16)17/h4-7,11H,1-3H3,(H,16,17)/t11-/m1/s1. The average Bonchev–Trinajstić information content (AvgIpc) is 2.34. The molecule has 0 aliphatic carbocycles. The predicted molar refractivity (Wildman–Crippen MR) is 67.7 cm³/mol. The molecule has 1 aromatic carbocycles. The first-order valence-electron chi connectivity index (χ1n) is 5.70. The summed E-state index contributed by atoms with van der Waals surface area (Å²) in [7, 11) is 0. The van der Waals surface area contributed by atoms with E-state index in [0.717, 1.165) is 0 Å². The van der Waals surface area contributed by atoms with Crippen LogP contribution in [0.2, 0.25) is 0 Å². The Hall–Kier alpha value is -2.35. The average molecular weight is 261 g/mol. The fraction of sp³-hybridized carbons (Fsp3) is 0.357. The first kappa shape index (κ1) is 14.7. The molecule has 19 heavy (non-hydrogen) atoms. The molecule has 0 unspecified atom stereocenters. The maximum absolute atomic E-state index is 11.9. The van der Waals surface area contributed by atoms with E-state index in [0.29, 0.717) is 0 Å². The van der Waals surface area contributed by atoms with Crippen molar-refractivity contribution in [2.45, 2.75) is 26.9 Å². The van der Waals surface area contributed by atoms with Crippen molar-refractivity contribution in [3.8, 4) is 6.07 Å². The van der Waals surface area contributed by atoms with E-state index in [4.69, 9.17) is 15.1 Å².